The molecule has 0 radical (unpaired) electrons. The third-order valence-corrected chi connectivity index (χ3v) is 4.13. The van der Waals surface area contributed by atoms with Crippen LogP contribution in [0.2, 0.25) is 0 Å². The second-order valence-corrected chi connectivity index (χ2v) is 5.93. The Labute approximate surface area is 148 Å². The van der Waals surface area contributed by atoms with Crippen molar-refractivity contribution in [1.82, 2.24) is 5.32 Å². The Bertz CT molecular complexity index is 742. The van der Waals surface area contributed by atoms with Gasteiger partial charge in [-0.3, -0.25) is 4.79 Å². The Balaban J connectivity index is 1.96. The van der Waals surface area contributed by atoms with Gasteiger partial charge in [0.05, 0.1) is 20.3 Å². The van der Waals surface area contributed by atoms with Crippen molar-refractivity contribution in [3.05, 3.63) is 53.1 Å². The van der Waals surface area contributed by atoms with E-state index in [4.69, 9.17) is 14.2 Å². The average Bonchev–Trinajstić information content (AvgIpc) is 2.62. The molecule has 5 nitrogen and oxygen atoms in total. The molecule has 0 saturated heterocycles. The van der Waals surface area contributed by atoms with E-state index in [-0.39, 0.29) is 18.6 Å². The number of amides is 1. The topological polar surface area (TPSA) is 56.8 Å². The molecule has 0 aliphatic heterocycles. The van der Waals surface area contributed by atoms with Gasteiger partial charge in [-0.2, -0.15) is 0 Å². The normalized spacial score (nSPS) is 11.6. The molecule has 0 aromatic heterocycles. The van der Waals surface area contributed by atoms with E-state index in [1.807, 2.05) is 51.1 Å². The number of ether oxygens (including phenoxy) is 3. The van der Waals surface area contributed by atoms with Gasteiger partial charge in [-0.25, -0.2) is 0 Å². The SMILES string of the molecule is COc1ccc(C(C)NC(=O)COc2ccc(C)c(C)c2)c(OC)c1. The molecule has 0 aliphatic carbocycles. The molecular weight excluding hydrogens is 318 g/mol. The molecule has 2 aromatic rings. The molecule has 1 amide bonds. The standard InChI is InChI=1S/C20H25NO4/c1-13-6-7-17(10-14(13)2)25-12-20(22)21-15(3)18-9-8-16(23-4)11-19(18)24-5/h6-11,15H,12H2,1-5H3,(H,21,22). The van der Waals surface area contributed by atoms with Crippen molar-refractivity contribution >= 4 is 5.91 Å². The quantitative estimate of drug-likeness (QED) is 0.835. The summed E-state index contributed by atoms with van der Waals surface area (Å²) in [5.41, 5.74) is 3.20. The van der Waals surface area contributed by atoms with Crippen LogP contribution in [0.15, 0.2) is 36.4 Å². The number of nitrogens with one attached hydrogen (secondary N) is 1. The molecule has 0 aliphatic rings. The Hall–Kier alpha value is -2.69. The summed E-state index contributed by atoms with van der Waals surface area (Å²) in [4.78, 5) is 12.2. The molecule has 0 spiro atoms. The van der Waals surface area contributed by atoms with E-state index in [0.29, 0.717) is 17.2 Å². The van der Waals surface area contributed by atoms with Crippen molar-refractivity contribution in [1.29, 1.82) is 0 Å². The van der Waals surface area contributed by atoms with Crippen LogP contribution in [0.3, 0.4) is 0 Å². The number of methoxy groups -OCH3 is 2. The second-order valence-electron chi connectivity index (χ2n) is 5.93. The van der Waals surface area contributed by atoms with Gasteiger partial charge < -0.3 is 19.5 Å². The molecule has 1 atom stereocenters. The van der Waals surface area contributed by atoms with Crippen molar-refractivity contribution in [2.45, 2.75) is 26.8 Å². The third kappa shape index (κ3) is 4.89. The van der Waals surface area contributed by atoms with E-state index in [0.717, 1.165) is 11.1 Å². The van der Waals surface area contributed by atoms with Gasteiger partial charge in [0.1, 0.15) is 17.2 Å². The highest BCUT2D eigenvalue weighted by Crippen LogP contribution is 2.29. The van der Waals surface area contributed by atoms with Crippen molar-refractivity contribution in [3.63, 3.8) is 0 Å². The Morgan fingerprint density at radius 2 is 1.72 bits per heavy atom. The summed E-state index contributed by atoms with van der Waals surface area (Å²) in [6.07, 6.45) is 0. The number of carbonyl (C=O) groups is 1. The van der Waals surface area contributed by atoms with E-state index < -0.39 is 0 Å². The lowest BCUT2D eigenvalue weighted by atomic mass is 10.1. The van der Waals surface area contributed by atoms with Crippen molar-refractivity contribution in [2.75, 3.05) is 20.8 Å². The van der Waals surface area contributed by atoms with Gasteiger partial charge in [-0.15, -0.1) is 0 Å². The minimum absolute atomic E-state index is 0.0364. The fourth-order valence-electron chi connectivity index (χ4n) is 2.49. The first-order valence-electron chi connectivity index (χ1n) is 8.16. The highest BCUT2D eigenvalue weighted by Gasteiger charge is 2.15. The van der Waals surface area contributed by atoms with E-state index in [9.17, 15) is 4.79 Å². The van der Waals surface area contributed by atoms with E-state index >= 15 is 0 Å². The molecule has 5 heteroatoms. The van der Waals surface area contributed by atoms with Crippen LogP contribution >= 0.6 is 0 Å². The predicted molar refractivity (Wildman–Crippen MR) is 97.5 cm³/mol. The Morgan fingerprint density at radius 1 is 1.00 bits per heavy atom. The van der Waals surface area contributed by atoms with Crippen LogP contribution < -0.4 is 19.5 Å². The zero-order valence-electron chi connectivity index (χ0n) is 15.4. The van der Waals surface area contributed by atoms with Crippen molar-refractivity contribution in [3.8, 4) is 17.2 Å². The van der Waals surface area contributed by atoms with Gasteiger partial charge in [0, 0.05) is 11.6 Å². The van der Waals surface area contributed by atoms with Crippen LogP contribution in [-0.4, -0.2) is 26.7 Å². The summed E-state index contributed by atoms with van der Waals surface area (Å²) in [5, 5.41) is 2.92. The zero-order chi connectivity index (χ0) is 18.4. The van der Waals surface area contributed by atoms with Crippen molar-refractivity contribution in [2.24, 2.45) is 0 Å². The molecule has 1 N–H and O–H groups in total. The molecule has 2 rings (SSSR count). The van der Waals surface area contributed by atoms with Crippen LogP contribution in [0.5, 0.6) is 17.2 Å². The van der Waals surface area contributed by atoms with Crippen LogP contribution in [0.4, 0.5) is 0 Å². The number of aryl methyl sites for hydroxylation is 2. The summed E-state index contributed by atoms with van der Waals surface area (Å²) >= 11 is 0. The first-order chi connectivity index (χ1) is 11.9. The largest absolute Gasteiger partial charge is 0.497 e. The lowest BCUT2D eigenvalue weighted by Crippen LogP contribution is -2.31. The number of benzene rings is 2. The van der Waals surface area contributed by atoms with E-state index in [2.05, 4.69) is 5.32 Å². The lowest BCUT2D eigenvalue weighted by molar-refractivity contribution is -0.123. The number of hydrogen-bond acceptors (Lipinski definition) is 4. The summed E-state index contributed by atoms with van der Waals surface area (Å²) in [7, 11) is 3.19. The third-order valence-electron chi connectivity index (χ3n) is 4.13. The van der Waals surface area contributed by atoms with Gasteiger partial charge in [-0.1, -0.05) is 6.07 Å². The minimum atomic E-state index is -0.211. The fraction of sp³-hybridized carbons (Fsp3) is 0.350. The van der Waals surface area contributed by atoms with E-state index in [1.54, 1.807) is 20.3 Å². The molecule has 134 valence electrons. The van der Waals surface area contributed by atoms with Crippen molar-refractivity contribution < 1.29 is 19.0 Å². The van der Waals surface area contributed by atoms with Gasteiger partial charge in [0.15, 0.2) is 6.61 Å². The monoisotopic (exact) mass is 343 g/mol. The summed E-state index contributed by atoms with van der Waals surface area (Å²) in [5.74, 6) is 1.87. The van der Waals surface area contributed by atoms with Crippen LogP contribution in [0.1, 0.15) is 29.7 Å². The first kappa shape index (κ1) is 18.6. The number of carbonyl (C=O) groups excluding carboxylic acids is 1. The van der Waals surface area contributed by atoms with Gasteiger partial charge >= 0.3 is 0 Å². The fourth-order valence-corrected chi connectivity index (χ4v) is 2.49. The summed E-state index contributed by atoms with van der Waals surface area (Å²) in [6, 6.07) is 11.1. The summed E-state index contributed by atoms with van der Waals surface area (Å²) < 4.78 is 16.1. The molecule has 0 heterocycles. The predicted octanol–water partition coefficient (Wildman–Crippen LogP) is 3.58. The maximum Gasteiger partial charge on any atom is 0.258 e. The molecule has 0 fully saturated rings. The summed E-state index contributed by atoms with van der Waals surface area (Å²) in [6.45, 7) is 5.92. The molecule has 0 saturated carbocycles. The van der Waals surface area contributed by atoms with Gasteiger partial charge in [-0.05, 0) is 56.2 Å². The Kier molecular flexibility index (Phi) is 6.28. The zero-order valence-corrected chi connectivity index (χ0v) is 15.4. The number of rotatable bonds is 7. The molecule has 0 bridgehead atoms. The maximum atomic E-state index is 12.2. The Morgan fingerprint density at radius 3 is 2.36 bits per heavy atom. The lowest BCUT2D eigenvalue weighted by Gasteiger charge is -2.18. The highest BCUT2D eigenvalue weighted by molar-refractivity contribution is 5.78. The first-order valence-corrected chi connectivity index (χ1v) is 8.16. The second kappa shape index (κ2) is 8.42. The maximum absolute atomic E-state index is 12.2. The molecular formula is C20H25NO4. The molecule has 2 aromatic carbocycles. The smallest absolute Gasteiger partial charge is 0.258 e. The van der Waals surface area contributed by atoms with Crippen LogP contribution in [-0.2, 0) is 4.79 Å². The van der Waals surface area contributed by atoms with Gasteiger partial charge in [0.2, 0.25) is 0 Å². The molecule has 25 heavy (non-hydrogen) atoms. The molecule has 1 unspecified atom stereocenters. The minimum Gasteiger partial charge on any atom is -0.497 e. The van der Waals surface area contributed by atoms with Crippen LogP contribution in [0.25, 0.3) is 0 Å². The average molecular weight is 343 g/mol. The highest BCUT2D eigenvalue weighted by atomic mass is 16.5. The van der Waals surface area contributed by atoms with Gasteiger partial charge in [0.25, 0.3) is 5.91 Å². The van der Waals surface area contributed by atoms with Crippen LogP contribution in [0, 0.1) is 13.8 Å². The van der Waals surface area contributed by atoms with E-state index in [1.165, 1.54) is 5.56 Å². The number of hydrogen-bond donors (Lipinski definition) is 1.